The Hall–Kier alpha value is -2.89. The van der Waals surface area contributed by atoms with Crippen LogP contribution in [0.15, 0.2) is 101 Å². The van der Waals surface area contributed by atoms with Gasteiger partial charge < -0.3 is 5.01 Å². The van der Waals surface area contributed by atoms with E-state index in [0.29, 0.717) is 15.5 Å². The fourth-order valence-corrected chi connectivity index (χ4v) is 5.57. The van der Waals surface area contributed by atoms with E-state index < -0.39 is 15.9 Å². The van der Waals surface area contributed by atoms with Crippen LogP contribution in [0.1, 0.15) is 17.2 Å². The van der Waals surface area contributed by atoms with Crippen molar-refractivity contribution in [2.75, 3.05) is 14.1 Å². The van der Waals surface area contributed by atoms with E-state index in [2.05, 4.69) is 0 Å². The molecule has 0 radical (unpaired) electrons. The van der Waals surface area contributed by atoms with Gasteiger partial charge in [0.1, 0.15) is 0 Å². The molecule has 0 bridgehead atoms. The number of likely N-dealkylation sites (N-methyl/N-ethyl adjacent to an activating group) is 1. The summed E-state index contributed by atoms with van der Waals surface area (Å²) in [5, 5.41) is 3.91. The van der Waals surface area contributed by atoms with Gasteiger partial charge in [-0.05, 0) is 17.7 Å². The summed E-state index contributed by atoms with van der Waals surface area (Å²) in [6.07, 6.45) is 0. The van der Waals surface area contributed by atoms with Gasteiger partial charge in [-0.15, -0.1) is 0 Å². The molecule has 0 aliphatic carbocycles. The molecule has 28 heavy (non-hydrogen) atoms. The van der Waals surface area contributed by atoms with Gasteiger partial charge in [0.15, 0.2) is 0 Å². The topological polar surface area (TPSA) is 40.6 Å². The van der Waals surface area contributed by atoms with Crippen LogP contribution in [0.2, 0.25) is 0 Å². The Kier molecular flexibility index (Phi) is 4.79. The highest BCUT2D eigenvalue weighted by Crippen LogP contribution is 2.46. The van der Waals surface area contributed by atoms with Crippen LogP contribution in [0.3, 0.4) is 0 Å². The first-order valence-electron chi connectivity index (χ1n) is 9.13. The Balaban J connectivity index is 2.02. The highest BCUT2D eigenvalue weighted by atomic mass is 32.2. The molecule has 142 valence electrons. The first-order valence-corrected chi connectivity index (χ1v) is 10.6. The van der Waals surface area contributed by atoms with Crippen LogP contribution in [-0.4, -0.2) is 32.5 Å². The van der Waals surface area contributed by atoms with Crippen LogP contribution < -0.4 is 0 Å². The number of hydrazine groups is 1. The second kappa shape index (κ2) is 7.26. The van der Waals surface area contributed by atoms with E-state index in [0.717, 1.165) is 11.1 Å². The zero-order valence-corrected chi connectivity index (χ0v) is 16.7. The van der Waals surface area contributed by atoms with Crippen molar-refractivity contribution >= 4 is 15.5 Å². The summed E-state index contributed by atoms with van der Waals surface area (Å²) in [6, 6.07) is 27.7. The molecule has 1 unspecified atom stereocenters. The predicted octanol–water partition coefficient (Wildman–Crippen LogP) is 4.36. The third-order valence-corrected chi connectivity index (χ3v) is 7.05. The van der Waals surface area contributed by atoms with Gasteiger partial charge in [0.05, 0.1) is 21.5 Å². The molecule has 4 rings (SSSR count). The van der Waals surface area contributed by atoms with Gasteiger partial charge in [0, 0.05) is 19.7 Å². The zero-order chi connectivity index (χ0) is 19.7. The van der Waals surface area contributed by atoms with Gasteiger partial charge in [-0.1, -0.05) is 78.9 Å². The average molecular weight is 391 g/mol. The number of sulfone groups is 1. The Morgan fingerprint density at radius 1 is 0.714 bits per heavy atom. The van der Waals surface area contributed by atoms with Crippen molar-refractivity contribution in [3.63, 3.8) is 0 Å². The van der Waals surface area contributed by atoms with Gasteiger partial charge >= 0.3 is 0 Å². The minimum atomic E-state index is -3.70. The van der Waals surface area contributed by atoms with Crippen molar-refractivity contribution in [2.24, 2.45) is 0 Å². The van der Waals surface area contributed by atoms with E-state index in [9.17, 15) is 8.42 Å². The van der Waals surface area contributed by atoms with E-state index in [1.807, 2.05) is 90.8 Å². The van der Waals surface area contributed by atoms with Gasteiger partial charge in [-0.3, -0.25) is 0 Å². The highest BCUT2D eigenvalue weighted by Gasteiger charge is 2.43. The Bertz CT molecular complexity index is 1100. The lowest BCUT2D eigenvalue weighted by Gasteiger charge is -2.29. The maximum absolute atomic E-state index is 13.8. The molecule has 3 aromatic carbocycles. The molecular formula is C23H22N2O2S. The van der Waals surface area contributed by atoms with Crippen LogP contribution in [-0.2, 0) is 9.84 Å². The average Bonchev–Trinajstić information content (AvgIpc) is 3.01. The Labute approximate surface area is 166 Å². The summed E-state index contributed by atoms with van der Waals surface area (Å²) in [7, 11) is 0.130. The highest BCUT2D eigenvalue weighted by molar-refractivity contribution is 7.95. The molecule has 1 atom stereocenters. The van der Waals surface area contributed by atoms with Gasteiger partial charge in [0.25, 0.3) is 0 Å². The van der Waals surface area contributed by atoms with Gasteiger partial charge in [0.2, 0.25) is 9.84 Å². The SMILES string of the molecule is CN1C(c2ccccc2)=C(S(=O)(=O)c2ccccc2)C(c2ccccc2)N1C. The van der Waals surface area contributed by atoms with Crippen molar-refractivity contribution in [1.82, 2.24) is 10.0 Å². The second-order valence-corrected chi connectivity index (χ2v) is 8.72. The first kappa shape index (κ1) is 18.5. The predicted molar refractivity (Wildman–Crippen MR) is 112 cm³/mol. The summed E-state index contributed by atoms with van der Waals surface area (Å²) in [4.78, 5) is 0.712. The van der Waals surface area contributed by atoms with Crippen molar-refractivity contribution < 1.29 is 8.42 Å². The Morgan fingerprint density at radius 3 is 1.79 bits per heavy atom. The Morgan fingerprint density at radius 2 is 1.21 bits per heavy atom. The van der Waals surface area contributed by atoms with Crippen molar-refractivity contribution in [1.29, 1.82) is 0 Å². The summed E-state index contributed by atoms with van der Waals surface area (Å²) < 4.78 is 27.6. The first-order chi connectivity index (χ1) is 13.5. The fraction of sp³-hybridized carbons (Fsp3) is 0.130. The number of benzene rings is 3. The van der Waals surface area contributed by atoms with Gasteiger partial charge in [-0.2, -0.15) is 0 Å². The molecule has 0 saturated heterocycles. The smallest absolute Gasteiger partial charge is 0.206 e. The number of hydrogen-bond acceptors (Lipinski definition) is 4. The van der Waals surface area contributed by atoms with Crippen molar-refractivity contribution in [3.8, 4) is 0 Å². The van der Waals surface area contributed by atoms with Crippen molar-refractivity contribution in [3.05, 3.63) is 107 Å². The standard InChI is InChI=1S/C23H22N2O2S/c1-24-21(18-12-6-3-7-13-18)23(28(26,27)20-16-10-5-11-17-20)22(25(24)2)19-14-8-4-9-15-19/h3-17,21H,1-2H3. The molecule has 5 heteroatoms. The van der Waals surface area contributed by atoms with E-state index in [1.165, 1.54) is 0 Å². The maximum Gasteiger partial charge on any atom is 0.206 e. The van der Waals surface area contributed by atoms with E-state index in [4.69, 9.17) is 0 Å². The number of rotatable bonds is 4. The summed E-state index contributed by atoms with van der Waals surface area (Å²) in [5.74, 6) is 0. The molecule has 0 spiro atoms. The monoisotopic (exact) mass is 390 g/mol. The molecule has 1 aliphatic heterocycles. The second-order valence-electron chi connectivity index (χ2n) is 6.81. The largest absolute Gasteiger partial charge is 0.307 e. The summed E-state index contributed by atoms with van der Waals surface area (Å²) >= 11 is 0. The van der Waals surface area contributed by atoms with Gasteiger partial charge in [-0.25, -0.2) is 13.4 Å². The molecule has 0 saturated carbocycles. The number of nitrogens with zero attached hydrogens (tertiary/aromatic N) is 2. The van der Waals surface area contributed by atoms with Crippen molar-refractivity contribution in [2.45, 2.75) is 10.9 Å². The fourth-order valence-electron chi connectivity index (χ4n) is 3.72. The maximum atomic E-state index is 13.8. The number of hydrogen-bond donors (Lipinski definition) is 0. The molecule has 3 aromatic rings. The minimum Gasteiger partial charge on any atom is -0.307 e. The lowest BCUT2D eigenvalue weighted by Crippen LogP contribution is -2.32. The summed E-state index contributed by atoms with van der Waals surface area (Å²) in [5.41, 5.74) is 2.53. The molecule has 1 heterocycles. The molecule has 4 nitrogen and oxygen atoms in total. The quantitative estimate of drug-likeness (QED) is 0.664. The third-order valence-electron chi connectivity index (χ3n) is 5.16. The third kappa shape index (κ3) is 3.03. The van der Waals surface area contributed by atoms with E-state index >= 15 is 0 Å². The molecule has 1 aliphatic rings. The van der Waals surface area contributed by atoms with E-state index in [1.54, 1.807) is 24.3 Å². The van der Waals surface area contributed by atoms with Crippen LogP contribution in [0, 0.1) is 0 Å². The zero-order valence-electron chi connectivity index (χ0n) is 15.9. The van der Waals surface area contributed by atoms with Crippen LogP contribution in [0.4, 0.5) is 0 Å². The van der Waals surface area contributed by atoms with Crippen LogP contribution in [0.25, 0.3) is 5.70 Å². The normalized spacial score (nSPS) is 17.9. The molecular weight excluding hydrogens is 368 g/mol. The molecule has 0 amide bonds. The summed E-state index contributed by atoms with van der Waals surface area (Å²) in [6.45, 7) is 0. The van der Waals surface area contributed by atoms with E-state index in [-0.39, 0.29) is 0 Å². The minimum absolute atomic E-state index is 0.308. The lowest BCUT2D eigenvalue weighted by molar-refractivity contribution is 0.0821. The van der Waals surface area contributed by atoms with Crippen LogP contribution in [0.5, 0.6) is 0 Å². The van der Waals surface area contributed by atoms with Crippen LogP contribution >= 0.6 is 0 Å². The molecule has 0 fully saturated rings. The lowest BCUT2D eigenvalue weighted by atomic mass is 10.0. The molecule has 0 aromatic heterocycles. The molecule has 0 N–H and O–H groups in total.